The standard InChI is InChI=1S/C17H19BrFN3O2/c1-23-14-9-20-17(21-10-14)22-6-4-12(5-7-22)11-24-16-3-2-13(18)8-15(16)19/h2-3,8-10,12H,4-7,11H2,1H3. The molecule has 0 saturated carbocycles. The van der Waals surface area contributed by atoms with E-state index in [2.05, 4.69) is 30.8 Å². The zero-order chi connectivity index (χ0) is 16.9. The van der Waals surface area contributed by atoms with E-state index in [1.54, 1.807) is 31.6 Å². The number of anilines is 1. The molecule has 0 spiro atoms. The minimum absolute atomic E-state index is 0.305. The largest absolute Gasteiger partial charge is 0.494 e. The Morgan fingerprint density at radius 1 is 1.25 bits per heavy atom. The fraction of sp³-hybridized carbons (Fsp3) is 0.412. The van der Waals surface area contributed by atoms with Crippen LogP contribution in [0.5, 0.6) is 11.5 Å². The molecule has 2 aromatic rings. The molecule has 1 saturated heterocycles. The summed E-state index contributed by atoms with van der Waals surface area (Å²) >= 11 is 3.24. The summed E-state index contributed by atoms with van der Waals surface area (Å²) in [6.07, 6.45) is 5.28. The Kier molecular flexibility index (Phi) is 5.50. The van der Waals surface area contributed by atoms with Gasteiger partial charge in [0.2, 0.25) is 5.95 Å². The molecule has 2 heterocycles. The molecule has 0 atom stereocenters. The van der Waals surface area contributed by atoms with Gasteiger partial charge in [-0.25, -0.2) is 14.4 Å². The minimum Gasteiger partial charge on any atom is -0.494 e. The molecule has 0 aliphatic carbocycles. The molecule has 1 aliphatic rings. The third kappa shape index (κ3) is 4.14. The molecule has 0 bridgehead atoms. The van der Waals surface area contributed by atoms with Gasteiger partial charge >= 0.3 is 0 Å². The second kappa shape index (κ2) is 7.79. The molecule has 1 fully saturated rings. The van der Waals surface area contributed by atoms with Gasteiger partial charge in [0.15, 0.2) is 17.3 Å². The fourth-order valence-corrected chi connectivity index (χ4v) is 3.01. The molecular formula is C17H19BrFN3O2. The average Bonchev–Trinajstić information content (AvgIpc) is 2.62. The summed E-state index contributed by atoms with van der Waals surface area (Å²) in [4.78, 5) is 10.8. The molecule has 0 radical (unpaired) electrons. The Hall–Kier alpha value is -1.89. The summed E-state index contributed by atoms with van der Waals surface area (Å²) in [7, 11) is 1.60. The number of benzene rings is 1. The summed E-state index contributed by atoms with van der Waals surface area (Å²) < 4.78 is 25.2. The molecule has 3 rings (SSSR count). The van der Waals surface area contributed by atoms with Crippen LogP contribution in [-0.2, 0) is 0 Å². The second-order valence-corrected chi connectivity index (χ2v) is 6.65. The van der Waals surface area contributed by atoms with E-state index in [-0.39, 0.29) is 5.82 Å². The highest BCUT2D eigenvalue weighted by Gasteiger charge is 2.22. The lowest BCUT2D eigenvalue weighted by Crippen LogP contribution is -2.36. The van der Waals surface area contributed by atoms with Gasteiger partial charge in [-0.15, -0.1) is 0 Å². The van der Waals surface area contributed by atoms with Gasteiger partial charge in [0.05, 0.1) is 26.1 Å². The van der Waals surface area contributed by atoms with Gasteiger partial charge in [0.25, 0.3) is 0 Å². The van der Waals surface area contributed by atoms with Crippen LogP contribution in [0, 0.1) is 11.7 Å². The van der Waals surface area contributed by atoms with Crippen LogP contribution in [0.15, 0.2) is 35.1 Å². The Morgan fingerprint density at radius 3 is 2.58 bits per heavy atom. The highest BCUT2D eigenvalue weighted by Crippen LogP contribution is 2.25. The first kappa shape index (κ1) is 17.0. The van der Waals surface area contributed by atoms with E-state index < -0.39 is 0 Å². The number of piperidine rings is 1. The number of aromatic nitrogens is 2. The second-order valence-electron chi connectivity index (χ2n) is 5.74. The van der Waals surface area contributed by atoms with Crippen molar-refractivity contribution < 1.29 is 13.9 Å². The van der Waals surface area contributed by atoms with Crippen molar-refractivity contribution in [1.82, 2.24) is 9.97 Å². The molecule has 0 unspecified atom stereocenters. The first-order valence-corrected chi connectivity index (χ1v) is 8.64. The van der Waals surface area contributed by atoms with Crippen molar-refractivity contribution in [2.24, 2.45) is 5.92 Å². The molecule has 0 amide bonds. The van der Waals surface area contributed by atoms with Crippen molar-refractivity contribution in [3.8, 4) is 11.5 Å². The Labute approximate surface area is 148 Å². The SMILES string of the molecule is COc1cnc(N2CCC(COc3ccc(Br)cc3F)CC2)nc1. The van der Waals surface area contributed by atoms with Crippen LogP contribution in [0.25, 0.3) is 0 Å². The van der Waals surface area contributed by atoms with Crippen LogP contribution in [0.1, 0.15) is 12.8 Å². The lowest BCUT2D eigenvalue weighted by atomic mass is 9.98. The molecule has 1 aromatic carbocycles. The molecule has 24 heavy (non-hydrogen) atoms. The molecule has 5 nitrogen and oxygen atoms in total. The lowest BCUT2D eigenvalue weighted by molar-refractivity contribution is 0.215. The molecule has 1 aliphatic heterocycles. The van der Waals surface area contributed by atoms with Crippen LogP contribution in [0.2, 0.25) is 0 Å². The molecular weight excluding hydrogens is 377 g/mol. The van der Waals surface area contributed by atoms with Gasteiger partial charge in [-0.3, -0.25) is 0 Å². The quantitative estimate of drug-likeness (QED) is 0.772. The number of halogens is 2. The normalized spacial score (nSPS) is 15.4. The number of methoxy groups -OCH3 is 1. The summed E-state index contributed by atoms with van der Waals surface area (Å²) in [5.74, 6) is 1.74. The van der Waals surface area contributed by atoms with Gasteiger partial charge in [0, 0.05) is 17.6 Å². The van der Waals surface area contributed by atoms with Gasteiger partial charge in [-0.05, 0) is 37.0 Å². The fourth-order valence-electron chi connectivity index (χ4n) is 2.68. The van der Waals surface area contributed by atoms with Crippen LogP contribution >= 0.6 is 15.9 Å². The van der Waals surface area contributed by atoms with Crippen LogP contribution in [0.4, 0.5) is 10.3 Å². The maximum Gasteiger partial charge on any atom is 0.225 e. The maximum absolute atomic E-state index is 13.8. The minimum atomic E-state index is -0.339. The summed E-state index contributed by atoms with van der Waals surface area (Å²) in [6.45, 7) is 2.25. The van der Waals surface area contributed by atoms with Crippen molar-refractivity contribution in [3.05, 3.63) is 40.9 Å². The van der Waals surface area contributed by atoms with E-state index in [9.17, 15) is 4.39 Å². The topological polar surface area (TPSA) is 47.5 Å². The van der Waals surface area contributed by atoms with Crippen LogP contribution < -0.4 is 14.4 Å². The van der Waals surface area contributed by atoms with Gasteiger partial charge in [-0.2, -0.15) is 0 Å². The van der Waals surface area contributed by atoms with E-state index in [0.717, 1.165) is 25.9 Å². The van der Waals surface area contributed by atoms with Crippen LogP contribution in [0.3, 0.4) is 0 Å². The Morgan fingerprint density at radius 2 is 1.96 bits per heavy atom. The highest BCUT2D eigenvalue weighted by atomic mass is 79.9. The number of ether oxygens (including phenoxy) is 2. The smallest absolute Gasteiger partial charge is 0.225 e. The third-order valence-corrected chi connectivity index (χ3v) is 4.61. The Bertz CT molecular complexity index is 676. The molecule has 7 heteroatoms. The van der Waals surface area contributed by atoms with Crippen molar-refractivity contribution in [3.63, 3.8) is 0 Å². The molecule has 128 valence electrons. The predicted molar refractivity (Wildman–Crippen MR) is 93.1 cm³/mol. The third-order valence-electron chi connectivity index (χ3n) is 4.12. The zero-order valence-corrected chi connectivity index (χ0v) is 15.0. The number of rotatable bonds is 5. The van der Waals surface area contributed by atoms with Crippen LogP contribution in [-0.4, -0.2) is 36.8 Å². The monoisotopic (exact) mass is 395 g/mol. The number of hydrogen-bond acceptors (Lipinski definition) is 5. The van der Waals surface area contributed by atoms with Gasteiger partial charge in [0.1, 0.15) is 0 Å². The van der Waals surface area contributed by atoms with Gasteiger partial charge in [-0.1, -0.05) is 15.9 Å². The lowest BCUT2D eigenvalue weighted by Gasteiger charge is -2.31. The Balaban J connectivity index is 1.49. The number of nitrogens with zero attached hydrogens (tertiary/aromatic N) is 3. The van der Waals surface area contributed by atoms with Crippen molar-refractivity contribution in [2.45, 2.75) is 12.8 Å². The average molecular weight is 396 g/mol. The first-order chi connectivity index (χ1) is 11.7. The van der Waals surface area contributed by atoms with E-state index >= 15 is 0 Å². The molecule has 0 N–H and O–H groups in total. The van der Waals surface area contributed by atoms with E-state index in [0.29, 0.717) is 34.4 Å². The van der Waals surface area contributed by atoms with E-state index in [1.807, 2.05) is 0 Å². The van der Waals surface area contributed by atoms with Crippen molar-refractivity contribution in [1.29, 1.82) is 0 Å². The zero-order valence-electron chi connectivity index (χ0n) is 13.4. The molecule has 1 aromatic heterocycles. The summed E-state index contributed by atoms with van der Waals surface area (Å²) in [5.41, 5.74) is 0. The summed E-state index contributed by atoms with van der Waals surface area (Å²) in [6, 6.07) is 4.85. The predicted octanol–water partition coefficient (Wildman–Crippen LogP) is 3.68. The first-order valence-electron chi connectivity index (χ1n) is 7.84. The van der Waals surface area contributed by atoms with Crippen molar-refractivity contribution in [2.75, 3.05) is 31.7 Å². The number of hydrogen-bond donors (Lipinski definition) is 0. The maximum atomic E-state index is 13.8. The van der Waals surface area contributed by atoms with Crippen molar-refractivity contribution >= 4 is 21.9 Å². The highest BCUT2D eigenvalue weighted by molar-refractivity contribution is 9.10. The summed E-state index contributed by atoms with van der Waals surface area (Å²) in [5, 5.41) is 0. The van der Waals surface area contributed by atoms with E-state index in [1.165, 1.54) is 6.07 Å². The van der Waals surface area contributed by atoms with Gasteiger partial charge < -0.3 is 14.4 Å². The van der Waals surface area contributed by atoms with E-state index in [4.69, 9.17) is 9.47 Å².